The Morgan fingerprint density at radius 1 is 1.12 bits per heavy atom. The molecule has 0 atom stereocenters. The Hall–Kier alpha value is -2.49. The molecule has 0 spiro atoms. The Morgan fingerprint density at radius 2 is 1.83 bits per heavy atom. The first-order valence-electron chi connectivity index (χ1n) is 8.52. The first kappa shape index (κ1) is 16.4. The summed E-state index contributed by atoms with van der Waals surface area (Å²) in [6.07, 6.45) is 5.50. The molecular weight excluding hydrogens is 302 g/mol. The zero-order valence-electron chi connectivity index (χ0n) is 14.2. The number of hydrogen-bond acceptors (Lipinski definition) is 3. The molecule has 0 N–H and O–H groups in total. The van der Waals surface area contributed by atoms with Gasteiger partial charge in [-0.1, -0.05) is 32.0 Å². The largest absolute Gasteiger partial charge is 0.454 e. The van der Waals surface area contributed by atoms with Gasteiger partial charge in [-0.25, -0.2) is 0 Å². The summed E-state index contributed by atoms with van der Waals surface area (Å²) in [6, 6.07) is 10.0. The summed E-state index contributed by atoms with van der Waals surface area (Å²) in [4.78, 5) is 14.3. The molecule has 24 heavy (non-hydrogen) atoms. The smallest absolute Gasteiger partial charge is 0.246 e. The van der Waals surface area contributed by atoms with Gasteiger partial charge in [-0.3, -0.25) is 4.79 Å². The summed E-state index contributed by atoms with van der Waals surface area (Å²) in [6.45, 7) is 6.04. The van der Waals surface area contributed by atoms with E-state index >= 15 is 0 Å². The van der Waals surface area contributed by atoms with E-state index in [2.05, 4.69) is 13.8 Å². The van der Waals surface area contributed by atoms with Crippen LogP contribution in [-0.2, 0) is 4.79 Å². The maximum absolute atomic E-state index is 12.4. The molecule has 4 nitrogen and oxygen atoms in total. The summed E-state index contributed by atoms with van der Waals surface area (Å²) in [5.41, 5.74) is 1.01. The molecule has 126 valence electrons. The number of rotatable bonds is 6. The van der Waals surface area contributed by atoms with Gasteiger partial charge in [-0.15, -0.1) is 0 Å². The van der Waals surface area contributed by atoms with Gasteiger partial charge in [0.05, 0.1) is 0 Å². The molecule has 2 aromatic rings. The van der Waals surface area contributed by atoms with E-state index in [9.17, 15) is 4.79 Å². The average Bonchev–Trinajstić information content (AvgIpc) is 3.04. The van der Waals surface area contributed by atoms with Crippen molar-refractivity contribution < 1.29 is 14.3 Å². The highest BCUT2D eigenvalue weighted by molar-refractivity contribution is 5.97. The van der Waals surface area contributed by atoms with Crippen molar-refractivity contribution >= 4 is 22.8 Å². The number of fused-ring (bicyclic) bond motifs is 2. The van der Waals surface area contributed by atoms with Crippen molar-refractivity contribution in [3.8, 4) is 11.5 Å². The van der Waals surface area contributed by atoms with Gasteiger partial charge >= 0.3 is 0 Å². The highest BCUT2D eigenvalue weighted by Crippen LogP contribution is 2.37. The fraction of sp³-hybridized carbons (Fsp3) is 0.350. The van der Waals surface area contributed by atoms with Crippen molar-refractivity contribution in [3.63, 3.8) is 0 Å². The van der Waals surface area contributed by atoms with Crippen LogP contribution >= 0.6 is 0 Å². The molecule has 4 heteroatoms. The monoisotopic (exact) mass is 325 g/mol. The van der Waals surface area contributed by atoms with Crippen molar-refractivity contribution in [2.75, 3.05) is 19.9 Å². The molecule has 0 bridgehead atoms. The standard InChI is InChI=1S/C20H23NO3/c1-3-10-21(11-4-2)20(22)9-8-15-6-5-7-16-12-18-19(13-17(15)16)24-14-23-18/h5-9,12-13H,3-4,10-11,14H2,1-2H3/b9-8+. The molecule has 0 aliphatic carbocycles. The van der Waals surface area contributed by atoms with Gasteiger partial charge in [0.25, 0.3) is 0 Å². The Kier molecular flexibility index (Phi) is 5.04. The Morgan fingerprint density at radius 3 is 2.54 bits per heavy atom. The Balaban J connectivity index is 1.88. The Bertz CT molecular complexity index is 761. The second kappa shape index (κ2) is 7.39. The zero-order chi connectivity index (χ0) is 16.9. The van der Waals surface area contributed by atoms with E-state index in [-0.39, 0.29) is 12.7 Å². The number of benzene rings is 2. The van der Waals surface area contributed by atoms with E-state index in [0.29, 0.717) is 0 Å². The van der Waals surface area contributed by atoms with E-state index in [4.69, 9.17) is 9.47 Å². The van der Waals surface area contributed by atoms with Crippen LogP contribution in [0, 0.1) is 0 Å². The van der Waals surface area contributed by atoms with Crippen molar-refractivity contribution in [3.05, 3.63) is 42.0 Å². The second-order valence-electron chi connectivity index (χ2n) is 5.93. The van der Waals surface area contributed by atoms with Crippen molar-refractivity contribution in [1.29, 1.82) is 0 Å². The van der Waals surface area contributed by atoms with Crippen molar-refractivity contribution in [2.24, 2.45) is 0 Å². The van der Waals surface area contributed by atoms with Crippen LogP contribution < -0.4 is 9.47 Å². The molecule has 2 aromatic carbocycles. The number of carbonyl (C=O) groups excluding carboxylic acids is 1. The highest BCUT2D eigenvalue weighted by Gasteiger charge is 2.15. The summed E-state index contributed by atoms with van der Waals surface area (Å²) < 4.78 is 10.9. The third kappa shape index (κ3) is 3.37. The zero-order valence-corrected chi connectivity index (χ0v) is 14.2. The topological polar surface area (TPSA) is 38.8 Å². The van der Waals surface area contributed by atoms with E-state index in [1.54, 1.807) is 6.08 Å². The SMILES string of the molecule is CCCN(CCC)C(=O)/C=C/c1cccc2cc3c(cc12)OCO3. The number of ether oxygens (including phenoxy) is 2. The summed E-state index contributed by atoms with van der Waals surface area (Å²) >= 11 is 0. The minimum absolute atomic E-state index is 0.0662. The highest BCUT2D eigenvalue weighted by atomic mass is 16.7. The van der Waals surface area contributed by atoms with Gasteiger partial charge in [-0.05, 0) is 47.4 Å². The molecular formula is C20H23NO3. The minimum Gasteiger partial charge on any atom is -0.454 e. The predicted molar refractivity (Wildman–Crippen MR) is 96.3 cm³/mol. The first-order valence-corrected chi connectivity index (χ1v) is 8.52. The summed E-state index contributed by atoms with van der Waals surface area (Å²) in [5, 5.41) is 2.14. The molecule has 0 fully saturated rings. The molecule has 0 aromatic heterocycles. The van der Waals surface area contributed by atoms with Crippen LogP contribution in [0.15, 0.2) is 36.4 Å². The number of carbonyl (C=O) groups is 1. The van der Waals surface area contributed by atoms with Gasteiger partial charge in [0.1, 0.15) is 0 Å². The Labute approximate surface area is 142 Å². The number of hydrogen-bond donors (Lipinski definition) is 0. The summed E-state index contributed by atoms with van der Waals surface area (Å²) in [5.74, 6) is 1.60. The normalized spacial score (nSPS) is 12.9. The number of nitrogens with zero attached hydrogens (tertiary/aromatic N) is 1. The van der Waals surface area contributed by atoms with E-state index in [0.717, 1.165) is 53.8 Å². The van der Waals surface area contributed by atoms with Crippen LogP contribution in [0.2, 0.25) is 0 Å². The lowest BCUT2D eigenvalue weighted by Crippen LogP contribution is -2.30. The first-order chi connectivity index (χ1) is 11.7. The molecule has 0 unspecified atom stereocenters. The maximum atomic E-state index is 12.4. The fourth-order valence-corrected chi connectivity index (χ4v) is 2.97. The lowest BCUT2D eigenvalue weighted by Gasteiger charge is -2.19. The molecule has 0 saturated carbocycles. The van der Waals surface area contributed by atoms with Crippen molar-refractivity contribution in [1.82, 2.24) is 4.90 Å². The van der Waals surface area contributed by atoms with Gasteiger partial charge in [-0.2, -0.15) is 0 Å². The van der Waals surface area contributed by atoms with E-state index < -0.39 is 0 Å². The van der Waals surface area contributed by atoms with Crippen LogP contribution in [0.1, 0.15) is 32.3 Å². The van der Waals surface area contributed by atoms with E-state index in [1.165, 1.54) is 0 Å². The van der Waals surface area contributed by atoms with E-state index in [1.807, 2.05) is 41.3 Å². The van der Waals surface area contributed by atoms with Crippen LogP contribution in [-0.4, -0.2) is 30.7 Å². The van der Waals surface area contributed by atoms with Gasteiger partial charge in [0.2, 0.25) is 12.7 Å². The summed E-state index contributed by atoms with van der Waals surface area (Å²) in [7, 11) is 0. The fourth-order valence-electron chi connectivity index (χ4n) is 2.97. The third-order valence-corrected chi connectivity index (χ3v) is 4.11. The van der Waals surface area contributed by atoms with Gasteiger partial charge in [0.15, 0.2) is 11.5 Å². The molecule has 1 amide bonds. The van der Waals surface area contributed by atoms with Crippen LogP contribution in [0.4, 0.5) is 0 Å². The lowest BCUT2D eigenvalue weighted by molar-refractivity contribution is -0.126. The minimum atomic E-state index is 0.0662. The van der Waals surface area contributed by atoms with Gasteiger partial charge < -0.3 is 14.4 Å². The third-order valence-electron chi connectivity index (χ3n) is 4.11. The van der Waals surface area contributed by atoms with Gasteiger partial charge in [0, 0.05) is 19.2 Å². The molecule has 1 aliphatic heterocycles. The lowest BCUT2D eigenvalue weighted by atomic mass is 10.0. The molecule has 0 radical (unpaired) electrons. The van der Waals surface area contributed by atoms with Crippen LogP contribution in [0.25, 0.3) is 16.8 Å². The molecule has 1 aliphatic rings. The van der Waals surface area contributed by atoms with Crippen LogP contribution in [0.5, 0.6) is 11.5 Å². The molecule has 3 rings (SSSR count). The van der Waals surface area contributed by atoms with Crippen LogP contribution in [0.3, 0.4) is 0 Å². The van der Waals surface area contributed by atoms with Crippen molar-refractivity contribution in [2.45, 2.75) is 26.7 Å². The quantitative estimate of drug-likeness (QED) is 0.746. The average molecular weight is 325 g/mol. The second-order valence-corrected chi connectivity index (χ2v) is 5.93. The maximum Gasteiger partial charge on any atom is 0.246 e. The number of amides is 1. The molecule has 0 saturated heterocycles. The predicted octanol–water partition coefficient (Wildman–Crippen LogP) is 4.23. The molecule has 1 heterocycles.